The molecule has 0 saturated carbocycles. The van der Waals surface area contributed by atoms with Gasteiger partial charge in [-0.2, -0.15) is 0 Å². The van der Waals surface area contributed by atoms with Crippen LogP contribution in [0.2, 0.25) is 0 Å². The summed E-state index contributed by atoms with van der Waals surface area (Å²) in [6.07, 6.45) is 1.09. The molecule has 1 fully saturated rings. The molecular weight excluding hydrogens is 226 g/mol. The predicted octanol–water partition coefficient (Wildman–Crippen LogP) is 2.30. The fourth-order valence-corrected chi connectivity index (χ4v) is 2.67. The lowest BCUT2D eigenvalue weighted by Crippen LogP contribution is -2.34. The van der Waals surface area contributed by atoms with Gasteiger partial charge in [-0.15, -0.1) is 0 Å². The zero-order chi connectivity index (χ0) is 13.3. The van der Waals surface area contributed by atoms with Gasteiger partial charge in [0.05, 0.1) is 0 Å². The van der Waals surface area contributed by atoms with E-state index in [0.29, 0.717) is 12.0 Å². The van der Waals surface area contributed by atoms with E-state index < -0.39 is 0 Å². The summed E-state index contributed by atoms with van der Waals surface area (Å²) < 4.78 is 0. The quantitative estimate of drug-likeness (QED) is 0.872. The number of likely N-dealkylation sites (tertiary alicyclic amines) is 1. The highest BCUT2D eigenvalue weighted by Crippen LogP contribution is 2.24. The summed E-state index contributed by atoms with van der Waals surface area (Å²) in [4.78, 5) is 18.8. The molecule has 1 amide bonds. The molecule has 2 unspecified atom stereocenters. The van der Waals surface area contributed by atoms with Crippen molar-refractivity contribution in [2.24, 2.45) is 5.92 Å². The van der Waals surface area contributed by atoms with Gasteiger partial charge in [-0.05, 0) is 38.3 Å². The number of pyridine rings is 1. The van der Waals surface area contributed by atoms with E-state index in [2.05, 4.69) is 24.1 Å². The van der Waals surface area contributed by atoms with E-state index in [9.17, 15) is 4.79 Å². The Bertz CT molecular complexity index is 458. The molecule has 0 aromatic carbocycles. The van der Waals surface area contributed by atoms with E-state index in [1.165, 1.54) is 0 Å². The lowest BCUT2D eigenvalue weighted by Gasteiger charge is -2.22. The number of hydrogen-bond donors (Lipinski definition) is 1. The van der Waals surface area contributed by atoms with Crippen LogP contribution in [0.1, 0.15) is 36.3 Å². The molecule has 0 bridgehead atoms. The Hall–Kier alpha value is -1.58. The molecule has 4 heteroatoms. The molecular formula is C14H21N3O. The van der Waals surface area contributed by atoms with Crippen LogP contribution in [0.4, 0.5) is 5.82 Å². The third-order valence-corrected chi connectivity index (χ3v) is 3.50. The minimum Gasteiger partial charge on any atom is -0.373 e. The zero-order valence-electron chi connectivity index (χ0n) is 11.5. The summed E-state index contributed by atoms with van der Waals surface area (Å²) in [5.74, 6) is 1.46. The lowest BCUT2D eigenvalue weighted by molar-refractivity contribution is 0.0743. The molecule has 1 aliphatic rings. The SMILES string of the molecule is CNc1cc(C(=O)N2CC(C)CC2C)cc(C)n1. The van der Waals surface area contributed by atoms with Gasteiger partial charge in [-0.3, -0.25) is 4.79 Å². The first-order valence-electron chi connectivity index (χ1n) is 6.48. The number of amides is 1. The monoisotopic (exact) mass is 247 g/mol. The molecule has 1 N–H and O–H groups in total. The van der Waals surface area contributed by atoms with Crippen LogP contribution in [0, 0.1) is 12.8 Å². The average molecular weight is 247 g/mol. The third-order valence-electron chi connectivity index (χ3n) is 3.50. The smallest absolute Gasteiger partial charge is 0.254 e. The Kier molecular flexibility index (Phi) is 3.55. The Labute approximate surface area is 108 Å². The fraction of sp³-hybridized carbons (Fsp3) is 0.571. The molecule has 0 spiro atoms. The Morgan fingerprint density at radius 1 is 1.44 bits per heavy atom. The van der Waals surface area contributed by atoms with Crippen LogP contribution in [-0.4, -0.2) is 35.4 Å². The summed E-state index contributed by atoms with van der Waals surface area (Å²) in [5.41, 5.74) is 1.60. The third kappa shape index (κ3) is 2.47. The lowest BCUT2D eigenvalue weighted by atomic mass is 10.1. The summed E-state index contributed by atoms with van der Waals surface area (Å²) in [7, 11) is 1.82. The minimum absolute atomic E-state index is 0.119. The van der Waals surface area contributed by atoms with E-state index in [4.69, 9.17) is 0 Å². The fourth-order valence-electron chi connectivity index (χ4n) is 2.67. The van der Waals surface area contributed by atoms with Gasteiger partial charge >= 0.3 is 0 Å². The molecule has 2 atom stereocenters. The molecule has 0 aliphatic carbocycles. The van der Waals surface area contributed by atoms with Crippen molar-refractivity contribution in [2.45, 2.75) is 33.2 Å². The highest BCUT2D eigenvalue weighted by Gasteiger charge is 2.30. The molecule has 1 aliphatic heterocycles. The molecule has 1 aromatic rings. The topological polar surface area (TPSA) is 45.2 Å². The van der Waals surface area contributed by atoms with E-state index >= 15 is 0 Å². The maximum Gasteiger partial charge on any atom is 0.254 e. The summed E-state index contributed by atoms with van der Waals surface area (Å²) >= 11 is 0. The van der Waals surface area contributed by atoms with Crippen molar-refractivity contribution in [3.05, 3.63) is 23.4 Å². The second-order valence-corrected chi connectivity index (χ2v) is 5.28. The molecule has 98 valence electrons. The first kappa shape index (κ1) is 12.9. The van der Waals surface area contributed by atoms with Gasteiger partial charge in [-0.1, -0.05) is 6.92 Å². The highest BCUT2D eigenvalue weighted by atomic mass is 16.2. The van der Waals surface area contributed by atoms with Crippen LogP contribution in [0.15, 0.2) is 12.1 Å². The van der Waals surface area contributed by atoms with Crippen molar-refractivity contribution in [2.75, 3.05) is 18.9 Å². The predicted molar refractivity (Wildman–Crippen MR) is 72.8 cm³/mol. The van der Waals surface area contributed by atoms with Crippen molar-refractivity contribution in [3.8, 4) is 0 Å². The van der Waals surface area contributed by atoms with Crippen LogP contribution in [0.5, 0.6) is 0 Å². The second kappa shape index (κ2) is 4.96. The minimum atomic E-state index is 0.119. The molecule has 0 radical (unpaired) electrons. The maximum absolute atomic E-state index is 12.5. The van der Waals surface area contributed by atoms with Crippen LogP contribution in [-0.2, 0) is 0 Å². The first-order valence-corrected chi connectivity index (χ1v) is 6.48. The van der Waals surface area contributed by atoms with Gasteiger partial charge in [0, 0.05) is 30.9 Å². The van der Waals surface area contributed by atoms with E-state index in [1.807, 2.05) is 31.0 Å². The van der Waals surface area contributed by atoms with Crippen LogP contribution < -0.4 is 5.32 Å². The van der Waals surface area contributed by atoms with Gasteiger partial charge in [-0.25, -0.2) is 4.98 Å². The second-order valence-electron chi connectivity index (χ2n) is 5.28. The van der Waals surface area contributed by atoms with E-state index in [1.54, 1.807) is 0 Å². The first-order chi connectivity index (χ1) is 8.51. The normalized spacial score (nSPS) is 23.2. The molecule has 2 heterocycles. The number of anilines is 1. The van der Waals surface area contributed by atoms with Gasteiger partial charge in [0.2, 0.25) is 0 Å². The summed E-state index contributed by atoms with van der Waals surface area (Å²) in [6, 6.07) is 4.02. The number of aromatic nitrogens is 1. The van der Waals surface area contributed by atoms with E-state index in [0.717, 1.165) is 30.0 Å². The number of rotatable bonds is 2. The Morgan fingerprint density at radius 3 is 2.72 bits per heavy atom. The van der Waals surface area contributed by atoms with Crippen LogP contribution in [0.25, 0.3) is 0 Å². The summed E-state index contributed by atoms with van der Waals surface area (Å²) in [5, 5.41) is 2.99. The Balaban J connectivity index is 2.26. The van der Waals surface area contributed by atoms with Crippen LogP contribution in [0.3, 0.4) is 0 Å². The number of nitrogens with one attached hydrogen (secondary N) is 1. The molecule has 1 saturated heterocycles. The van der Waals surface area contributed by atoms with Gasteiger partial charge < -0.3 is 10.2 Å². The molecule has 18 heavy (non-hydrogen) atoms. The number of carbonyl (C=O) groups excluding carboxylic acids is 1. The van der Waals surface area contributed by atoms with Gasteiger partial charge in [0.15, 0.2) is 0 Å². The largest absolute Gasteiger partial charge is 0.373 e. The molecule has 2 rings (SSSR count). The number of hydrogen-bond acceptors (Lipinski definition) is 3. The Morgan fingerprint density at radius 2 is 2.17 bits per heavy atom. The number of aryl methyl sites for hydroxylation is 1. The van der Waals surface area contributed by atoms with Crippen molar-refractivity contribution in [1.29, 1.82) is 0 Å². The van der Waals surface area contributed by atoms with Crippen molar-refractivity contribution in [1.82, 2.24) is 9.88 Å². The zero-order valence-corrected chi connectivity index (χ0v) is 11.5. The van der Waals surface area contributed by atoms with Crippen molar-refractivity contribution in [3.63, 3.8) is 0 Å². The van der Waals surface area contributed by atoms with Gasteiger partial charge in [0.1, 0.15) is 5.82 Å². The molecule has 4 nitrogen and oxygen atoms in total. The molecule has 1 aromatic heterocycles. The maximum atomic E-state index is 12.5. The standard InChI is InChI=1S/C14H21N3O/c1-9-5-11(3)17(8-9)14(18)12-6-10(2)16-13(7-12)15-4/h6-7,9,11H,5,8H2,1-4H3,(H,15,16). The average Bonchev–Trinajstić information content (AvgIpc) is 2.66. The number of carbonyl (C=O) groups is 1. The van der Waals surface area contributed by atoms with Gasteiger partial charge in [0.25, 0.3) is 5.91 Å². The van der Waals surface area contributed by atoms with Crippen molar-refractivity contribution >= 4 is 11.7 Å². The van der Waals surface area contributed by atoms with E-state index in [-0.39, 0.29) is 5.91 Å². The van der Waals surface area contributed by atoms with Crippen molar-refractivity contribution < 1.29 is 4.79 Å². The number of nitrogens with zero attached hydrogens (tertiary/aromatic N) is 2. The summed E-state index contributed by atoms with van der Waals surface area (Å²) in [6.45, 7) is 7.08. The highest BCUT2D eigenvalue weighted by molar-refractivity contribution is 5.95. The van der Waals surface area contributed by atoms with Crippen LogP contribution >= 0.6 is 0 Å².